The van der Waals surface area contributed by atoms with Gasteiger partial charge in [-0.05, 0) is 44.0 Å². The summed E-state index contributed by atoms with van der Waals surface area (Å²) in [7, 11) is 0. The van der Waals surface area contributed by atoms with Gasteiger partial charge in [0, 0.05) is 5.69 Å². The number of amides is 1. The van der Waals surface area contributed by atoms with Crippen molar-refractivity contribution >= 4 is 17.4 Å². The fourth-order valence-electron chi connectivity index (χ4n) is 2.30. The lowest BCUT2D eigenvalue weighted by Gasteiger charge is -2.14. The summed E-state index contributed by atoms with van der Waals surface area (Å²) in [6.45, 7) is 4.81. The van der Waals surface area contributed by atoms with Crippen molar-refractivity contribution in [2.75, 3.05) is 18.5 Å². The third-order valence-corrected chi connectivity index (χ3v) is 3.40. The van der Waals surface area contributed by atoms with Crippen molar-refractivity contribution in [1.82, 2.24) is 9.97 Å². The highest BCUT2D eigenvalue weighted by atomic mass is 16.5. The fourth-order valence-corrected chi connectivity index (χ4v) is 2.30. The first kappa shape index (κ1) is 17.7. The quantitative estimate of drug-likeness (QED) is 0.680. The number of hydrogen-bond acceptors (Lipinski definition) is 6. The van der Waals surface area contributed by atoms with Gasteiger partial charge in [-0.2, -0.15) is 4.98 Å². The van der Waals surface area contributed by atoms with Gasteiger partial charge < -0.3 is 21.5 Å². The molecule has 24 heavy (non-hydrogen) atoms. The summed E-state index contributed by atoms with van der Waals surface area (Å²) in [5.74, 6) is 0.0551. The molecule has 0 aliphatic heterocycles. The maximum atomic E-state index is 11.7. The molecule has 0 saturated heterocycles. The summed E-state index contributed by atoms with van der Waals surface area (Å²) >= 11 is 0. The SMILES string of the molecule is CCOc1nc(Nc2cccc(CCN)c2)c(C(N)=O)nc1CC. The standard InChI is InChI=1S/C17H23N5O2/c1-3-13-17(24-4-2)22-16(14(21-13)15(19)23)20-12-7-5-6-11(10-12)8-9-18/h5-7,10H,3-4,8-9,18H2,1-2H3,(H2,19,23)(H,20,22). The van der Waals surface area contributed by atoms with Crippen LogP contribution in [0.4, 0.5) is 11.5 Å². The molecular weight excluding hydrogens is 306 g/mol. The van der Waals surface area contributed by atoms with Crippen molar-refractivity contribution in [3.63, 3.8) is 0 Å². The second-order valence-corrected chi connectivity index (χ2v) is 5.19. The summed E-state index contributed by atoms with van der Waals surface area (Å²) in [5.41, 5.74) is 13.6. The molecule has 1 aromatic carbocycles. The van der Waals surface area contributed by atoms with E-state index in [1.807, 2.05) is 38.1 Å². The molecule has 0 radical (unpaired) electrons. The van der Waals surface area contributed by atoms with Crippen molar-refractivity contribution in [1.29, 1.82) is 0 Å². The zero-order chi connectivity index (χ0) is 17.5. The topological polar surface area (TPSA) is 116 Å². The average molecular weight is 329 g/mol. The molecule has 0 unspecified atom stereocenters. The first-order chi connectivity index (χ1) is 11.6. The minimum atomic E-state index is -0.638. The molecule has 0 saturated carbocycles. The van der Waals surface area contributed by atoms with Crippen LogP contribution in [0, 0.1) is 0 Å². The number of carbonyl (C=O) groups excluding carboxylic acids is 1. The number of aryl methyl sites for hydroxylation is 1. The van der Waals surface area contributed by atoms with Crippen LogP contribution in [0.2, 0.25) is 0 Å². The van der Waals surface area contributed by atoms with Crippen molar-refractivity contribution in [3.05, 3.63) is 41.2 Å². The maximum Gasteiger partial charge on any atom is 0.271 e. The number of ether oxygens (including phenoxy) is 1. The van der Waals surface area contributed by atoms with Crippen LogP contribution in [0.25, 0.3) is 0 Å². The Morgan fingerprint density at radius 1 is 1.29 bits per heavy atom. The third-order valence-electron chi connectivity index (χ3n) is 3.40. The van der Waals surface area contributed by atoms with Crippen LogP contribution in [-0.2, 0) is 12.8 Å². The van der Waals surface area contributed by atoms with Gasteiger partial charge in [0.25, 0.3) is 5.91 Å². The van der Waals surface area contributed by atoms with Crippen molar-refractivity contribution in [3.8, 4) is 5.88 Å². The Hall–Kier alpha value is -2.67. The van der Waals surface area contributed by atoms with E-state index in [9.17, 15) is 4.79 Å². The van der Waals surface area contributed by atoms with Crippen LogP contribution in [0.3, 0.4) is 0 Å². The molecule has 2 aromatic rings. The molecule has 7 nitrogen and oxygen atoms in total. The van der Waals surface area contributed by atoms with Crippen LogP contribution in [0.5, 0.6) is 5.88 Å². The Labute approximate surface area is 141 Å². The lowest BCUT2D eigenvalue weighted by atomic mass is 10.1. The Balaban J connectivity index is 2.42. The molecule has 0 aliphatic rings. The maximum absolute atomic E-state index is 11.7. The largest absolute Gasteiger partial charge is 0.477 e. The number of anilines is 2. The van der Waals surface area contributed by atoms with Crippen LogP contribution in [-0.4, -0.2) is 29.0 Å². The number of primary amides is 1. The zero-order valence-electron chi connectivity index (χ0n) is 14.0. The molecule has 1 amide bonds. The fraction of sp³-hybridized carbons (Fsp3) is 0.353. The summed E-state index contributed by atoms with van der Waals surface area (Å²) in [6, 6.07) is 7.73. The van der Waals surface area contributed by atoms with E-state index in [4.69, 9.17) is 16.2 Å². The Bertz CT molecular complexity index is 718. The summed E-state index contributed by atoms with van der Waals surface area (Å²) < 4.78 is 5.52. The van der Waals surface area contributed by atoms with E-state index in [2.05, 4.69) is 15.3 Å². The van der Waals surface area contributed by atoms with Gasteiger partial charge in [0.15, 0.2) is 11.5 Å². The second-order valence-electron chi connectivity index (χ2n) is 5.19. The molecule has 0 spiro atoms. The monoisotopic (exact) mass is 329 g/mol. The number of nitrogens with two attached hydrogens (primary N) is 2. The highest BCUT2D eigenvalue weighted by molar-refractivity contribution is 5.96. The molecule has 0 fully saturated rings. The van der Waals surface area contributed by atoms with Gasteiger partial charge in [-0.1, -0.05) is 19.1 Å². The Morgan fingerprint density at radius 3 is 2.71 bits per heavy atom. The van der Waals surface area contributed by atoms with Crippen molar-refractivity contribution in [2.45, 2.75) is 26.7 Å². The van der Waals surface area contributed by atoms with Crippen LogP contribution < -0.4 is 21.5 Å². The molecule has 0 aliphatic carbocycles. The highest BCUT2D eigenvalue weighted by Crippen LogP contribution is 2.24. The van der Waals surface area contributed by atoms with E-state index in [1.54, 1.807) is 0 Å². The molecule has 1 aromatic heterocycles. The lowest BCUT2D eigenvalue weighted by Crippen LogP contribution is -2.18. The number of rotatable bonds is 8. The second kappa shape index (κ2) is 8.26. The zero-order valence-corrected chi connectivity index (χ0v) is 14.0. The predicted molar refractivity (Wildman–Crippen MR) is 93.6 cm³/mol. The molecule has 128 valence electrons. The summed E-state index contributed by atoms with van der Waals surface area (Å²) in [5, 5.41) is 3.11. The molecule has 5 N–H and O–H groups in total. The summed E-state index contributed by atoms with van der Waals surface area (Å²) in [6.07, 6.45) is 1.36. The summed E-state index contributed by atoms with van der Waals surface area (Å²) in [4.78, 5) is 20.5. The minimum Gasteiger partial charge on any atom is -0.477 e. The Morgan fingerprint density at radius 2 is 2.08 bits per heavy atom. The first-order valence-corrected chi connectivity index (χ1v) is 7.98. The van der Waals surface area contributed by atoms with E-state index in [1.165, 1.54) is 0 Å². The molecule has 7 heteroatoms. The molecular formula is C17H23N5O2. The van der Waals surface area contributed by atoms with Gasteiger partial charge in [0.1, 0.15) is 5.69 Å². The molecule has 1 heterocycles. The average Bonchev–Trinajstić information content (AvgIpc) is 2.56. The molecule has 2 rings (SSSR count). The van der Waals surface area contributed by atoms with E-state index in [-0.39, 0.29) is 11.5 Å². The minimum absolute atomic E-state index is 0.0968. The Kier molecular flexibility index (Phi) is 6.08. The number of carbonyl (C=O) groups is 1. The third kappa shape index (κ3) is 4.20. The number of nitrogens with one attached hydrogen (secondary N) is 1. The number of aromatic nitrogens is 2. The van der Waals surface area contributed by atoms with Crippen LogP contribution in [0.1, 0.15) is 35.6 Å². The lowest BCUT2D eigenvalue weighted by molar-refractivity contribution is 0.0995. The van der Waals surface area contributed by atoms with E-state index < -0.39 is 5.91 Å². The molecule has 0 bridgehead atoms. The van der Waals surface area contributed by atoms with Gasteiger partial charge in [0.2, 0.25) is 5.88 Å². The van der Waals surface area contributed by atoms with Gasteiger partial charge >= 0.3 is 0 Å². The number of benzene rings is 1. The van der Waals surface area contributed by atoms with E-state index in [0.717, 1.165) is 17.7 Å². The highest BCUT2D eigenvalue weighted by Gasteiger charge is 2.18. The first-order valence-electron chi connectivity index (χ1n) is 7.98. The van der Waals surface area contributed by atoms with Crippen LogP contribution in [0.15, 0.2) is 24.3 Å². The smallest absolute Gasteiger partial charge is 0.271 e. The van der Waals surface area contributed by atoms with E-state index >= 15 is 0 Å². The molecule has 0 atom stereocenters. The van der Waals surface area contributed by atoms with Gasteiger partial charge in [-0.25, -0.2) is 4.98 Å². The normalized spacial score (nSPS) is 10.5. The van der Waals surface area contributed by atoms with Gasteiger partial charge in [0.05, 0.1) is 6.61 Å². The van der Waals surface area contributed by atoms with Gasteiger partial charge in [-0.15, -0.1) is 0 Å². The number of nitrogens with zero attached hydrogens (tertiary/aromatic N) is 2. The van der Waals surface area contributed by atoms with E-state index in [0.29, 0.717) is 31.1 Å². The van der Waals surface area contributed by atoms with Crippen molar-refractivity contribution in [2.24, 2.45) is 11.5 Å². The van der Waals surface area contributed by atoms with Crippen LogP contribution >= 0.6 is 0 Å². The van der Waals surface area contributed by atoms with Crippen molar-refractivity contribution < 1.29 is 9.53 Å². The number of hydrogen-bond donors (Lipinski definition) is 3. The predicted octanol–water partition coefficient (Wildman–Crippen LogP) is 1.78. The van der Waals surface area contributed by atoms with Gasteiger partial charge in [-0.3, -0.25) is 4.79 Å².